The van der Waals surface area contributed by atoms with Crippen molar-refractivity contribution in [2.75, 3.05) is 14.1 Å². The van der Waals surface area contributed by atoms with E-state index in [1.807, 2.05) is 19.9 Å². The third kappa shape index (κ3) is 3.54. The van der Waals surface area contributed by atoms with Gasteiger partial charge in [0.05, 0.1) is 10.6 Å². The maximum Gasteiger partial charge on any atom is 0.333 e. The zero-order chi connectivity index (χ0) is 18.2. The zero-order valence-electron chi connectivity index (χ0n) is 13.6. The van der Waals surface area contributed by atoms with Gasteiger partial charge in [0, 0.05) is 24.1 Å². The monoisotopic (exact) mass is 458 g/mol. The Morgan fingerprint density at radius 1 is 1.04 bits per heavy atom. The number of hydrogen-bond donors (Lipinski definition) is 0. The van der Waals surface area contributed by atoms with Crippen LogP contribution >= 0.6 is 31.9 Å². The van der Waals surface area contributed by atoms with Crippen LogP contribution in [0.25, 0.3) is 6.08 Å². The van der Waals surface area contributed by atoms with Crippen LogP contribution in [0.1, 0.15) is 19.4 Å². The van der Waals surface area contributed by atoms with Crippen molar-refractivity contribution in [1.29, 1.82) is 0 Å². The van der Waals surface area contributed by atoms with Crippen LogP contribution in [0, 0.1) is 0 Å². The number of nitrogens with zero attached hydrogens (tertiary/aromatic N) is 2. The normalized spacial score (nSPS) is 15.5. The standard InChI is InChI=1S/C16H16Br2N2O4/c1-8(2)24-13-9(5-10(17)7-12(13)18)6-11-14(21)19(3)16(23)20(4)15(11)22/h5-8H,1-4H3. The molecule has 1 aliphatic heterocycles. The summed E-state index contributed by atoms with van der Waals surface area (Å²) in [5, 5.41) is 0. The van der Waals surface area contributed by atoms with Gasteiger partial charge in [-0.15, -0.1) is 0 Å². The smallest absolute Gasteiger partial charge is 0.333 e. The van der Waals surface area contributed by atoms with E-state index in [2.05, 4.69) is 31.9 Å². The second-order valence-corrected chi connectivity index (χ2v) is 7.31. The number of carbonyl (C=O) groups is 3. The van der Waals surface area contributed by atoms with Crippen molar-refractivity contribution in [2.45, 2.75) is 20.0 Å². The number of rotatable bonds is 3. The van der Waals surface area contributed by atoms with Gasteiger partial charge < -0.3 is 4.74 Å². The topological polar surface area (TPSA) is 66.9 Å². The Morgan fingerprint density at radius 2 is 1.58 bits per heavy atom. The third-order valence-electron chi connectivity index (χ3n) is 3.33. The van der Waals surface area contributed by atoms with Crippen LogP contribution in [0.5, 0.6) is 5.75 Å². The van der Waals surface area contributed by atoms with Gasteiger partial charge >= 0.3 is 6.03 Å². The van der Waals surface area contributed by atoms with Crippen molar-refractivity contribution in [1.82, 2.24) is 9.80 Å². The maximum atomic E-state index is 12.3. The van der Waals surface area contributed by atoms with E-state index in [9.17, 15) is 14.4 Å². The van der Waals surface area contributed by atoms with E-state index in [4.69, 9.17) is 4.74 Å². The summed E-state index contributed by atoms with van der Waals surface area (Å²) in [6, 6.07) is 2.90. The highest BCUT2D eigenvalue weighted by atomic mass is 79.9. The van der Waals surface area contributed by atoms with Crippen molar-refractivity contribution in [3.8, 4) is 5.75 Å². The minimum absolute atomic E-state index is 0.0932. The SMILES string of the molecule is CC(C)Oc1c(Br)cc(Br)cc1C=C1C(=O)N(C)C(=O)N(C)C1=O. The molecule has 24 heavy (non-hydrogen) atoms. The molecule has 2 rings (SSSR count). The fourth-order valence-corrected chi connectivity index (χ4v) is 3.53. The molecule has 0 N–H and O–H groups in total. The summed E-state index contributed by atoms with van der Waals surface area (Å²) in [5.41, 5.74) is 0.455. The molecular formula is C16H16Br2N2O4. The number of halogens is 2. The van der Waals surface area contributed by atoms with Crippen molar-refractivity contribution < 1.29 is 19.1 Å². The summed E-state index contributed by atoms with van der Waals surface area (Å²) >= 11 is 6.81. The van der Waals surface area contributed by atoms with E-state index >= 15 is 0 Å². The average molecular weight is 460 g/mol. The zero-order valence-corrected chi connectivity index (χ0v) is 16.8. The average Bonchev–Trinajstić information content (AvgIpc) is 2.50. The maximum absolute atomic E-state index is 12.3. The van der Waals surface area contributed by atoms with Crippen LogP contribution in [-0.2, 0) is 9.59 Å². The fourth-order valence-electron chi connectivity index (χ4n) is 2.18. The largest absolute Gasteiger partial charge is 0.489 e. The Labute approximate surface area is 156 Å². The first-order chi connectivity index (χ1) is 11.1. The lowest BCUT2D eigenvalue weighted by Crippen LogP contribution is -2.52. The molecule has 0 atom stereocenters. The van der Waals surface area contributed by atoms with Crippen molar-refractivity contribution in [2.24, 2.45) is 0 Å². The number of amides is 4. The molecule has 1 aromatic carbocycles. The van der Waals surface area contributed by atoms with Crippen molar-refractivity contribution >= 4 is 55.8 Å². The Kier molecular flexibility index (Phi) is 5.49. The molecule has 0 bridgehead atoms. The molecular weight excluding hydrogens is 444 g/mol. The first-order valence-electron chi connectivity index (χ1n) is 7.11. The number of imide groups is 2. The molecule has 6 nitrogen and oxygen atoms in total. The summed E-state index contributed by atoms with van der Waals surface area (Å²) in [6.07, 6.45) is 1.35. The van der Waals surface area contributed by atoms with Gasteiger partial charge in [-0.25, -0.2) is 4.79 Å². The molecule has 1 saturated heterocycles. The fraction of sp³-hybridized carbons (Fsp3) is 0.312. The number of likely N-dealkylation sites (N-methyl/N-ethyl adjacent to an activating group) is 2. The highest BCUT2D eigenvalue weighted by Crippen LogP contribution is 2.35. The molecule has 1 aliphatic rings. The van der Waals surface area contributed by atoms with E-state index in [1.165, 1.54) is 20.2 Å². The molecule has 1 aromatic rings. The highest BCUT2D eigenvalue weighted by Gasteiger charge is 2.38. The minimum atomic E-state index is -0.656. The van der Waals surface area contributed by atoms with Gasteiger partial charge in [0.2, 0.25) is 0 Å². The van der Waals surface area contributed by atoms with Gasteiger partial charge in [-0.1, -0.05) is 15.9 Å². The Morgan fingerprint density at radius 3 is 2.08 bits per heavy atom. The number of ether oxygens (including phenoxy) is 1. The Balaban J connectivity index is 2.59. The molecule has 8 heteroatoms. The highest BCUT2D eigenvalue weighted by molar-refractivity contribution is 9.11. The van der Waals surface area contributed by atoms with Crippen LogP contribution in [0.3, 0.4) is 0 Å². The minimum Gasteiger partial charge on any atom is -0.489 e. The first kappa shape index (κ1) is 18.7. The molecule has 1 fully saturated rings. The molecule has 0 spiro atoms. The van der Waals surface area contributed by atoms with E-state index in [1.54, 1.807) is 6.07 Å². The quantitative estimate of drug-likeness (QED) is 0.513. The number of benzene rings is 1. The van der Waals surface area contributed by atoms with Gasteiger partial charge in [0.25, 0.3) is 11.8 Å². The van der Waals surface area contributed by atoms with Gasteiger partial charge in [-0.3, -0.25) is 19.4 Å². The van der Waals surface area contributed by atoms with E-state index in [-0.39, 0.29) is 11.7 Å². The molecule has 0 aromatic heterocycles. The summed E-state index contributed by atoms with van der Waals surface area (Å²) < 4.78 is 7.23. The summed E-state index contributed by atoms with van der Waals surface area (Å²) in [4.78, 5) is 38.3. The van der Waals surface area contributed by atoms with Crippen LogP contribution in [0.15, 0.2) is 26.7 Å². The molecule has 4 amide bonds. The Hall–Kier alpha value is -1.67. The van der Waals surface area contributed by atoms with Crippen molar-refractivity contribution in [3.63, 3.8) is 0 Å². The second-order valence-electron chi connectivity index (χ2n) is 5.54. The number of urea groups is 1. The molecule has 0 unspecified atom stereocenters. The Bertz CT molecular complexity index is 733. The van der Waals surface area contributed by atoms with Crippen LogP contribution in [0.2, 0.25) is 0 Å². The predicted octanol–water partition coefficient (Wildman–Crippen LogP) is 3.43. The number of carbonyl (C=O) groups excluding carboxylic acids is 3. The number of hydrogen-bond acceptors (Lipinski definition) is 4. The molecule has 0 saturated carbocycles. The van der Waals surface area contributed by atoms with Crippen LogP contribution in [0.4, 0.5) is 4.79 Å². The van der Waals surface area contributed by atoms with Gasteiger partial charge in [0.15, 0.2) is 0 Å². The summed E-state index contributed by atoms with van der Waals surface area (Å²) in [6.45, 7) is 3.76. The van der Waals surface area contributed by atoms with E-state index < -0.39 is 17.8 Å². The van der Waals surface area contributed by atoms with Gasteiger partial charge in [0.1, 0.15) is 11.3 Å². The molecule has 0 aliphatic carbocycles. The van der Waals surface area contributed by atoms with Crippen molar-refractivity contribution in [3.05, 3.63) is 32.2 Å². The number of barbiturate groups is 1. The molecule has 0 radical (unpaired) electrons. The first-order valence-corrected chi connectivity index (χ1v) is 8.69. The van der Waals surface area contributed by atoms with Crippen LogP contribution < -0.4 is 4.74 Å². The molecule has 1 heterocycles. The van der Waals surface area contributed by atoms with E-state index in [0.717, 1.165) is 14.3 Å². The lowest BCUT2D eigenvalue weighted by molar-refractivity contribution is -0.134. The van der Waals surface area contributed by atoms with Gasteiger partial charge in [-0.2, -0.15) is 0 Å². The summed E-state index contributed by atoms with van der Waals surface area (Å²) in [5.74, 6) is -0.770. The van der Waals surface area contributed by atoms with Crippen LogP contribution in [-0.4, -0.2) is 47.8 Å². The lowest BCUT2D eigenvalue weighted by atomic mass is 10.1. The van der Waals surface area contributed by atoms with Gasteiger partial charge in [-0.05, 0) is 48.0 Å². The third-order valence-corrected chi connectivity index (χ3v) is 4.38. The summed E-state index contributed by atoms with van der Waals surface area (Å²) in [7, 11) is 2.67. The second kappa shape index (κ2) is 7.06. The van der Waals surface area contributed by atoms with E-state index in [0.29, 0.717) is 15.8 Å². The lowest BCUT2D eigenvalue weighted by Gasteiger charge is -2.29. The molecule has 128 valence electrons. The predicted molar refractivity (Wildman–Crippen MR) is 96.5 cm³/mol.